The summed E-state index contributed by atoms with van der Waals surface area (Å²) in [5, 5.41) is 13.3. The average molecular weight is 486 g/mol. The summed E-state index contributed by atoms with van der Waals surface area (Å²) in [5.41, 5.74) is 11.1. The van der Waals surface area contributed by atoms with Crippen LogP contribution in [0.2, 0.25) is 0 Å². The predicted molar refractivity (Wildman–Crippen MR) is 142 cm³/mol. The fourth-order valence-corrected chi connectivity index (χ4v) is 5.10. The number of nitrogens with one attached hydrogen (secondary N) is 2. The Morgan fingerprint density at radius 3 is 2.56 bits per heavy atom. The lowest BCUT2D eigenvalue weighted by atomic mass is 10.1. The van der Waals surface area contributed by atoms with Gasteiger partial charge in [-0.1, -0.05) is 0 Å². The topological polar surface area (TPSA) is 132 Å². The molecular weight excluding hydrogens is 454 g/mol. The molecule has 2 unspecified atom stereocenters. The van der Waals surface area contributed by atoms with E-state index in [2.05, 4.69) is 42.2 Å². The van der Waals surface area contributed by atoms with Crippen LogP contribution in [0.5, 0.6) is 0 Å². The number of fused-ring (bicyclic) bond motifs is 1. The van der Waals surface area contributed by atoms with Crippen LogP contribution in [0, 0.1) is 0 Å². The highest BCUT2D eigenvalue weighted by Crippen LogP contribution is 2.28. The number of nitrogens with two attached hydrogens (primary N) is 1. The fourth-order valence-electron chi connectivity index (χ4n) is 5.10. The number of aliphatic hydroxyl groups excluding tert-OH is 1. The molecule has 186 valence electrons. The first-order valence-electron chi connectivity index (χ1n) is 12.6. The molecule has 6 rings (SSSR count). The van der Waals surface area contributed by atoms with E-state index in [-0.39, 0.29) is 12.1 Å². The molecule has 2 aliphatic heterocycles. The molecule has 2 aliphatic rings. The second-order valence-electron chi connectivity index (χ2n) is 9.66. The van der Waals surface area contributed by atoms with E-state index >= 15 is 0 Å². The number of hydrogen-bond acceptors (Lipinski definition) is 9. The average Bonchev–Trinajstić information content (AvgIpc) is 3.38. The summed E-state index contributed by atoms with van der Waals surface area (Å²) in [5.74, 6) is 1.40. The van der Waals surface area contributed by atoms with Crippen molar-refractivity contribution in [3.63, 3.8) is 0 Å². The lowest BCUT2D eigenvalue weighted by Crippen LogP contribution is -2.43. The van der Waals surface area contributed by atoms with Crippen molar-refractivity contribution in [3.05, 3.63) is 48.9 Å². The zero-order valence-electron chi connectivity index (χ0n) is 20.1. The molecule has 0 aliphatic carbocycles. The first-order chi connectivity index (χ1) is 17.6. The molecule has 36 heavy (non-hydrogen) atoms. The maximum atomic E-state index is 9.98. The summed E-state index contributed by atoms with van der Waals surface area (Å²) < 4.78 is 0. The highest BCUT2D eigenvalue weighted by Gasteiger charge is 2.20. The Balaban J connectivity index is 1.23. The molecule has 2 atom stereocenters. The van der Waals surface area contributed by atoms with Crippen LogP contribution in [-0.4, -0.2) is 68.4 Å². The number of imidazole rings is 1. The summed E-state index contributed by atoms with van der Waals surface area (Å²) >= 11 is 0. The number of piperidine rings is 2. The van der Waals surface area contributed by atoms with Crippen molar-refractivity contribution in [1.82, 2.24) is 24.9 Å². The van der Waals surface area contributed by atoms with Gasteiger partial charge in [-0.05, 0) is 62.1 Å². The van der Waals surface area contributed by atoms with Gasteiger partial charge in [0.15, 0.2) is 5.65 Å². The first-order valence-corrected chi connectivity index (χ1v) is 12.6. The van der Waals surface area contributed by atoms with Crippen LogP contribution in [0.3, 0.4) is 0 Å². The van der Waals surface area contributed by atoms with E-state index in [1.54, 1.807) is 6.33 Å². The quantitative estimate of drug-likeness (QED) is 0.337. The smallest absolute Gasteiger partial charge is 0.229 e. The zero-order valence-corrected chi connectivity index (χ0v) is 20.1. The van der Waals surface area contributed by atoms with E-state index in [1.165, 1.54) is 0 Å². The van der Waals surface area contributed by atoms with Crippen LogP contribution >= 0.6 is 0 Å². The number of nitrogens with zero attached hydrogens (tertiary/aromatic N) is 6. The van der Waals surface area contributed by atoms with Crippen molar-refractivity contribution in [2.24, 2.45) is 5.73 Å². The molecule has 4 aromatic rings. The maximum absolute atomic E-state index is 9.98. The van der Waals surface area contributed by atoms with Gasteiger partial charge in [0.25, 0.3) is 0 Å². The summed E-state index contributed by atoms with van der Waals surface area (Å²) in [4.78, 5) is 26.1. The largest absolute Gasteiger partial charge is 0.391 e. The molecule has 0 spiro atoms. The minimum atomic E-state index is -0.259. The molecule has 10 nitrogen and oxygen atoms in total. The number of benzene rings is 1. The van der Waals surface area contributed by atoms with E-state index in [0.29, 0.717) is 18.1 Å². The summed E-state index contributed by atoms with van der Waals surface area (Å²) in [7, 11) is 0. The number of H-pyrrole nitrogens is 1. The van der Waals surface area contributed by atoms with Gasteiger partial charge in [-0.15, -0.1) is 0 Å². The molecule has 1 aromatic carbocycles. The van der Waals surface area contributed by atoms with Gasteiger partial charge in [0.05, 0.1) is 12.4 Å². The number of rotatable bonds is 5. The molecule has 5 N–H and O–H groups in total. The standard InChI is InChI=1S/C26H31N9O/c27-18-3-1-12-35(14-18)22-10-5-17(13-28-22)23-24-25(30-16-29-24)33-26(32-23)31-19-6-8-20(9-7-19)34-11-2-4-21(36)15-34/h5-10,13,16,18,21,36H,1-4,11-12,14-15,27H2,(H2,29,30,31,32,33). The Morgan fingerprint density at radius 1 is 0.944 bits per heavy atom. The van der Waals surface area contributed by atoms with Gasteiger partial charge in [-0.2, -0.15) is 4.98 Å². The van der Waals surface area contributed by atoms with Crippen molar-refractivity contribution in [2.45, 2.75) is 37.8 Å². The molecule has 10 heteroatoms. The Bertz CT molecular complexity index is 1320. The number of aromatic nitrogens is 5. The predicted octanol–water partition coefficient (Wildman–Crippen LogP) is 3.05. The third kappa shape index (κ3) is 4.69. The molecule has 0 amide bonds. The molecular formula is C26H31N9O. The van der Waals surface area contributed by atoms with Gasteiger partial charge in [-0.3, -0.25) is 0 Å². The van der Waals surface area contributed by atoms with E-state index in [0.717, 1.165) is 79.3 Å². The minimum absolute atomic E-state index is 0.195. The van der Waals surface area contributed by atoms with Gasteiger partial charge in [0, 0.05) is 55.4 Å². The molecule has 2 saturated heterocycles. The lowest BCUT2D eigenvalue weighted by Gasteiger charge is -2.32. The maximum Gasteiger partial charge on any atom is 0.229 e. The monoisotopic (exact) mass is 485 g/mol. The van der Waals surface area contributed by atoms with Crippen molar-refractivity contribution in [2.75, 3.05) is 41.3 Å². The first kappa shape index (κ1) is 22.7. The van der Waals surface area contributed by atoms with Crippen LogP contribution < -0.4 is 20.9 Å². The highest BCUT2D eigenvalue weighted by molar-refractivity contribution is 5.88. The molecule has 0 saturated carbocycles. The van der Waals surface area contributed by atoms with Crippen LogP contribution in [0.25, 0.3) is 22.4 Å². The van der Waals surface area contributed by atoms with Gasteiger partial charge < -0.3 is 30.9 Å². The number of aromatic amines is 1. The number of pyridine rings is 1. The number of hydrogen-bond donors (Lipinski definition) is 4. The molecule has 5 heterocycles. The van der Waals surface area contributed by atoms with Gasteiger partial charge in [-0.25, -0.2) is 15.0 Å². The summed E-state index contributed by atoms with van der Waals surface area (Å²) in [6, 6.07) is 12.4. The van der Waals surface area contributed by atoms with Crippen LogP contribution in [0.4, 0.5) is 23.1 Å². The third-order valence-corrected chi connectivity index (χ3v) is 6.97. The van der Waals surface area contributed by atoms with E-state index < -0.39 is 0 Å². The van der Waals surface area contributed by atoms with E-state index in [4.69, 9.17) is 15.7 Å². The normalized spacial score (nSPS) is 20.6. The van der Waals surface area contributed by atoms with Crippen LogP contribution in [0.1, 0.15) is 25.7 Å². The molecule has 3 aromatic heterocycles. The fraction of sp³-hybridized carbons (Fsp3) is 0.385. The number of aliphatic hydroxyl groups is 1. The number of β-amino-alcohol motifs (C(OH)–C–C–N with tert-alkyl or cyclic N) is 1. The Morgan fingerprint density at radius 2 is 1.78 bits per heavy atom. The Hall–Kier alpha value is -3.76. The van der Waals surface area contributed by atoms with Crippen molar-refractivity contribution < 1.29 is 5.11 Å². The van der Waals surface area contributed by atoms with Gasteiger partial charge in [0.1, 0.15) is 17.0 Å². The second-order valence-corrected chi connectivity index (χ2v) is 9.66. The minimum Gasteiger partial charge on any atom is -0.391 e. The Labute approximate surface area is 209 Å². The molecule has 2 fully saturated rings. The molecule has 0 bridgehead atoms. The van der Waals surface area contributed by atoms with Crippen molar-refractivity contribution in [1.29, 1.82) is 0 Å². The van der Waals surface area contributed by atoms with Crippen molar-refractivity contribution in [3.8, 4) is 11.3 Å². The SMILES string of the molecule is NC1CCCN(c2ccc(-c3nc(Nc4ccc(N5CCCC(O)C5)cc4)nc4nc[nH]c34)cn2)C1. The Kier molecular flexibility index (Phi) is 6.12. The van der Waals surface area contributed by atoms with Crippen LogP contribution in [0.15, 0.2) is 48.9 Å². The highest BCUT2D eigenvalue weighted by atomic mass is 16.3. The van der Waals surface area contributed by atoms with Crippen LogP contribution in [-0.2, 0) is 0 Å². The van der Waals surface area contributed by atoms with Gasteiger partial charge in [0.2, 0.25) is 5.95 Å². The third-order valence-electron chi connectivity index (χ3n) is 6.97. The molecule has 0 radical (unpaired) electrons. The van der Waals surface area contributed by atoms with E-state index in [9.17, 15) is 5.11 Å². The lowest BCUT2D eigenvalue weighted by molar-refractivity contribution is 0.154. The van der Waals surface area contributed by atoms with Crippen molar-refractivity contribution >= 4 is 34.3 Å². The van der Waals surface area contributed by atoms with Gasteiger partial charge >= 0.3 is 0 Å². The number of anilines is 4. The van der Waals surface area contributed by atoms with E-state index in [1.807, 2.05) is 30.5 Å². The second kappa shape index (κ2) is 9.71. The summed E-state index contributed by atoms with van der Waals surface area (Å²) in [6.07, 6.45) is 7.24. The zero-order chi connectivity index (χ0) is 24.5. The summed E-state index contributed by atoms with van der Waals surface area (Å²) in [6.45, 7) is 3.44.